The monoisotopic (exact) mass is 664 g/mol. The number of hydrogen-bond donors (Lipinski definition) is 2. The number of urea groups is 1. The molecular weight excluding hydrogens is 625 g/mol. The third-order valence-electron chi connectivity index (χ3n) is 8.17. The molecule has 1 fully saturated rings. The van der Waals surface area contributed by atoms with E-state index >= 15 is 0 Å². The average molecular weight is 665 g/mol. The summed E-state index contributed by atoms with van der Waals surface area (Å²) in [5.41, 5.74) is 3.16. The van der Waals surface area contributed by atoms with Gasteiger partial charge in [-0.1, -0.05) is 68.6 Å². The molecule has 0 saturated carbocycles. The molecule has 1 aliphatic carbocycles. The zero-order chi connectivity index (χ0) is 33.7. The molecule has 2 aliphatic rings. The molecule has 1 unspecified atom stereocenters. The summed E-state index contributed by atoms with van der Waals surface area (Å²) in [4.78, 5) is 40.9. The van der Waals surface area contributed by atoms with Crippen LogP contribution in [0.15, 0.2) is 85.4 Å². The summed E-state index contributed by atoms with van der Waals surface area (Å²) in [5.74, 6) is 1.32. The quantitative estimate of drug-likeness (QED) is 0.203. The Bertz CT molecular complexity index is 1830. The Morgan fingerprint density at radius 2 is 1.81 bits per heavy atom. The van der Waals surface area contributed by atoms with Crippen molar-refractivity contribution in [1.29, 1.82) is 0 Å². The number of ether oxygens (including phenoxy) is 1. The van der Waals surface area contributed by atoms with Crippen molar-refractivity contribution in [2.75, 3.05) is 22.1 Å². The van der Waals surface area contributed by atoms with Crippen molar-refractivity contribution in [3.05, 3.63) is 91.1 Å². The molecule has 3 amide bonds. The van der Waals surface area contributed by atoms with E-state index in [0.29, 0.717) is 23.7 Å². The van der Waals surface area contributed by atoms with Gasteiger partial charge in [-0.05, 0) is 61.9 Å². The first kappa shape index (κ1) is 32.8. The van der Waals surface area contributed by atoms with Gasteiger partial charge in [-0.2, -0.15) is 5.10 Å². The van der Waals surface area contributed by atoms with Gasteiger partial charge in [0.15, 0.2) is 5.13 Å². The van der Waals surface area contributed by atoms with Gasteiger partial charge in [-0.25, -0.2) is 24.4 Å². The van der Waals surface area contributed by atoms with Crippen LogP contribution in [-0.2, 0) is 10.2 Å². The maximum atomic E-state index is 13.2. The van der Waals surface area contributed by atoms with E-state index in [2.05, 4.69) is 65.1 Å². The Morgan fingerprint density at radius 1 is 1.02 bits per heavy atom. The second kappa shape index (κ2) is 14.3. The van der Waals surface area contributed by atoms with Gasteiger partial charge in [-0.3, -0.25) is 15.0 Å². The van der Waals surface area contributed by atoms with E-state index in [0.717, 1.165) is 65.5 Å². The summed E-state index contributed by atoms with van der Waals surface area (Å²) in [6, 6.07) is 9.29. The fourth-order valence-corrected chi connectivity index (χ4v) is 6.45. The van der Waals surface area contributed by atoms with Gasteiger partial charge in [-0.15, -0.1) is 0 Å². The number of thiazole rings is 1. The van der Waals surface area contributed by atoms with Gasteiger partial charge < -0.3 is 10.1 Å². The number of aromatic nitrogens is 5. The smallest absolute Gasteiger partial charge is 0.324 e. The SMILES string of the molecule is C=C1/C=C\C=C/CCC(n2nc(C(C)(C)C)cc2NC(=O)Nc2cnc(Oc3ccc(-c4cnc(N5CCCC5=O)s4)cc3)nc2)CC1. The van der Waals surface area contributed by atoms with Gasteiger partial charge in [0.2, 0.25) is 5.91 Å². The van der Waals surface area contributed by atoms with E-state index in [1.54, 1.807) is 11.1 Å². The van der Waals surface area contributed by atoms with Crippen molar-refractivity contribution in [2.45, 2.75) is 70.8 Å². The van der Waals surface area contributed by atoms with Crippen LogP contribution >= 0.6 is 11.3 Å². The molecule has 3 aromatic heterocycles. The summed E-state index contributed by atoms with van der Waals surface area (Å²) < 4.78 is 7.80. The Kier molecular flexibility index (Phi) is 9.81. The van der Waals surface area contributed by atoms with Crippen molar-refractivity contribution in [3.63, 3.8) is 0 Å². The molecule has 0 spiro atoms. The highest BCUT2D eigenvalue weighted by molar-refractivity contribution is 7.19. The van der Waals surface area contributed by atoms with Gasteiger partial charge in [0.1, 0.15) is 11.6 Å². The summed E-state index contributed by atoms with van der Waals surface area (Å²) in [6.45, 7) is 11.2. The molecule has 0 radical (unpaired) electrons. The Balaban J connectivity index is 1.08. The first-order valence-electron chi connectivity index (χ1n) is 16.2. The minimum absolute atomic E-state index is 0.0955. The molecule has 1 atom stereocenters. The van der Waals surface area contributed by atoms with Crippen molar-refractivity contribution in [2.24, 2.45) is 0 Å². The maximum absolute atomic E-state index is 13.2. The standard InChI is InChI=1S/C36H40N8O3S/c1-24-10-7-5-6-8-11-27(16-13-24)44-31(20-30(42-44)36(2,3)4)41-33(46)40-26-21-37-34(38-22-26)47-28-17-14-25(15-18-28)29-23-39-35(48-29)43-19-9-12-32(43)45/h5-7,10,14-15,17-18,20-23,27H,1,8-9,11-13,16,19H2,2-4H3,(H2,40,41,46)/b6-5-,10-7-. The largest absolute Gasteiger partial charge is 0.424 e. The van der Waals surface area contributed by atoms with E-state index in [-0.39, 0.29) is 23.4 Å². The fraction of sp³-hybridized carbons (Fsp3) is 0.333. The van der Waals surface area contributed by atoms with Crippen molar-refractivity contribution in [1.82, 2.24) is 24.7 Å². The molecule has 1 saturated heterocycles. The van der Waals surface area contributed by atoms with Crippen LogP contribution in [0.3, 0.4) is 0 Å². The average Bonchev–Trinajstić information content (AvgIpc) is 3.82. The molecule has 1 aromatic carbocycles. The first-order chi connectivity index (χ1) is 23.1. The van der Waals surface area contributed by atoms with Crippen molar-refractivity contribution in [3.8, 4) is 22.2 Å². The van der Waals surface area contributed by atoms with E-state index in [1.165, 1.54) is 23.7 Å². The molecular formula is C36H40N8O3S. The molecule has 2 N–H and O–H groups in total. The molecule has 12 heteroatoms. The molecule has 0 bridgehead atoms. The minimum atomic E-state index is -0.420. The molecule has 1 aliphatic heterocycles. The number of benzene rings is 1. The molecule has 6 rings (SSSR count). The van der Waals surface area contributed by atoms with E-state index in [1.807, 2.05) is 47.2 Å². The highest BCUT2D eigenvalue weighted by Gasteiger charge is 2.26. The molecule has 4 aromatic rings. The second-order valence-corrected chi connectivity index (χ2v) is 13.9. The minimum Gasteiger partial charge on any atom is -0.424 e. The zero-order valence-electron chi connectivity index (χ0n) is 27.5. The number of amides is 3. The van der Waals surface area contributed by atoms with Crippen molar-refractivity contribution >= 4 is 39.9 Å². The number of carbonyl (C=O) groups is 2. The van der Waals surface area contributed by atoms with E-state index in [9.17, 15) is 9.59 Å². The lowest BCUT2D eigenvalue weighted by atomic mass is 9.92. The number of allylic oxidation sites excluding steroid dienone is 5. The first-order valence-corrected chi connectivity index (χ1v) is 17.0. The predicted molar refractivity (Wildman–Crippen MR) is 190 cm³/mol. The molecule has 48 heavy (non-hydrogen) atoms. The Morgan fingerprint density at radius 3 is 2.54 bits per heavy atom. The maximum Gasteiger partial charge on any atom is 0.324 e. The summed E-state index contributed by atoms with van der Waals surface area (Å²) in [5, 5.41) is 11.5. The lowest BCUT2D eigenvalue weighted by Gasteiger charge is -2.21. The lowest BCUT2D eigenvalue weighted by molar-refractivity contribution is -0.117. The van der Waals surface area contributed by atoms with Crippen LogP contribution in [0, 0.1) is 0 Å². The van der Waals surface area contributed by atoms with Crippen LogP contribution in [-0.4, -0.2) is 43.2 Å². The summed E-state index contributed by atoms with van der Waals surface area (Å²) in [6.07, 6.45) is 18.0. The molecule has 4 heterocycles. The summed E-state index contributed by atoms with van der Waals surface area (Å²) in [7, 11) is 0. The lowest BCUT2D eigenvalue weighted by Crippen LogP contribution is -2.23. The molecule has 11 nitrogen and oxygen atoms in total. The van der Waals surface area contributed by atoms with Gasteiger partial charge in [0.05, 0.1) is 34.7 Å². The fourth-order valence-electron chi connectivity index (χ4n) is 5.49. The highest BCUT2D eigenvalue weighted by atomic mass is 32.1. The third kappa shape index (κ3) is 8.06. The van der Waals surface area contributed by atoms with Gasteiger partial charge >= 0.3 is 12.0 Å². The zero-order valence-corrected chi connectivity index (χ0v) is 28.3. The van der Waals surface area contributed by atoms with Gasteiger partial charge in [0, 0.05) is 30.6 Å². The Labute approximate surface area is 284 Å². The van der Waals surface area contributed by atoms with Crippen LogP contribution in [0.25, 0.3) is 10.4 Å². The number of hydrogen-bond acceptors (Lipinski definition) is 8. The number of rotatable bonds is 7. The van der Waals surface area contributed by atoms with E-state index < -0.39 is 6.03 Å². The summed E-state index contributed by atoms with van der Waals surface area (Å²) >= 11 is 1.49. The normalized spacial score (nSPS) is 18.4. The number of nitrogens with one attached hydrogen (secondary N) is 2. The van der Waals surface area contributed by atoms with Crippen LogP contribution in [0.5, 0.6) is 11.8 Å². The molecule has 248 valence electrons. The van der Waals surface area contributed by atoms with Crippen LogP contribution < -0.4 is 20.3 Å². The van der Waals surface area contributed by atoms with E-state index in [4.69, 9.17) is 9.84 Å². The van der Waals surface area contributed by atoms with Gasteiger partial charge in [0.25, 0.3) is 0 Å². The predicted octanol–water partition coefficient (Wildman–Crippen LogP) is 8.44. The second-order valence-electron chi connectivity index (χ2n) is 12.9. The number of nitrogens with zero attached hydrogens (tertiary/aromatic N) is 6. The number of carbonyl (C=O) groups excluding carboxylic acids is 2. The van der Waals surface area contributed by atoms with Crippen molar-refractivity contribution < 1.29 is 14.3 Å². The van der Waals surface area contributed by atoms with Crippen LogP contribution in [0.1, 0.15) is 71.0 Å². The van der Waals surface area contributed by atoms with Crippen LogP contribution in [0.2, 0.25) is 0 Å². The highest BCUT2D eigenvalue weighted by Crippen LogP contribution is 2.35. The van der Waals surface area contributed by atoms with Crippen LogP contribution in [0.4, 0.5) is 21.4 Å². The Hall–Kier alpha value is -5.10. The number of anilines is 3. The third-order valence-corrected chi connectivity index (χ3v) is 9.24. The topological polar surface area (TPSA) is 127 Å².